The van der Waals surface area contributed by atoms with Gasteiger partial charge in [0.2, 0.25) is 0 Å². The first-order valence-electron chi connectivity index (χ1n) is 13.4. The van der Waals surface area contributed by atoms with Gasteiger partial charge in [-0.1, -0.05) is 0 Å². The summed E-state index contributed by atoms with van der Waals surface area (Å²) in [6.45, 7) is 9.71. The number of hydrogen-bond acceptors (Lipinski definition) is 15. The lowest BCUT2D eigenvalue weighted by Gasteiger charge is -2.09. The third kappa shape index (κ3) is 17.7. The molecule has 0 atom stereocenters. The molecule has 2 N–H and O–H groups in total. The van der Waals surface area contributed by atoms with E-state index >= 15 is 0 Å². The van der Waals surface area contributed by atoms with Crippen LogP contribution in [0, 0.1) is 0 Å². The first-order chi connectivity index (χ1) is 19.2. The zero-order chi connectivity index (χ0) is 27.7. The number of aliphatic hydroxyl groups excluding tert-OH is 1. The number of epoxide rings is 2. The van der Waals surface area contributed by atoms with Gasteiger partial charge in [0.15, 0.2) is 0 Å². The molecule has 0 saturated carbocycles. The minimum atomic E-state index is -1.50. The second-order valence-corrected chi connectivity index (χ2v) is 8.04. The van der Waals surface area contributed by atoms with Crippen molar-refractivity contribution in [1.29, 1.82) is 0 Å². The molecule has 0 radical (unpaired) electrons. The van der Waals surface area contributed by atoms with E-state index in [1.807, 2.05) is 0 Å². The molecule has 0 aliphatic carbocycles. The Hall–Kier alpha value is -0.600. The number of aliphatic hydroxyl groups is 2. The van der Waals surface area contributed by atoms with Crippen LogP contribution in [-0.4, -0.2) is 168 Å². The summed E-state index contributed by atoms with van der Waals surface area (Å²) >= 11 is 0. The fourth-order valence-corrected chi connectivity index (χ4v) is 2.85. The Kier molecular flexibility index (Phi) is 20.4. The van der Waals surface area contributed by atoms with Crippen LogP contribution < -0.4 is 0 Å². The lowest BCUT2D eigenvalue weighted by molar-refractivity contribution is -0.253. The fourth-order valence-electron chi connectivity index (χ4n) is 2.85. The summed E-state index contributed by atoms with van der Waals surface area (Å²) in [4.78, 5) is 0. The summed E-state index contributed by atoms with van der Waals surface area (Å²) in [5.41, 5.74) is 0. The summed E-state index contributed by atoms with van der Waals surface area (Å²) in [6, 6.07) is 0. The number of fused-ring (bicyclic) bond motifs is 1. The maximum Gasteiger partial charge on any atom is 0.379 e. The molecule has 0 spiro atoms. The zero-order valence-electron chi connectivity index (χ0n) is 22.8. The van der Waals surface area contributed by atoms with Gasteiger partial charge in [0, 0.05) is 0 Å². The van der Waals surface area contributed by atoms with Crippen molar-refractivity contribution >= 4 is 0 Å². The molecule has 15 heteroatoms. The van der Waals surface area contributed by atoms with Gasteiger partial charge in [0.25, 0.3) is 0 Å². The van der Waals surface area contributed by atoms with Gasteiger partial charge in [-0.3, -0.25) is 9.47 Å². The molecule has 2 aliphatic rings. The Morgan fingerprint density at radius 3 is 0.769 bits per heavy atom. The lowest BCUT2D eigenvalue weighted by Crippen LogP contribution is -2.16. The normalized spacial score (nSPS) is 21.4. The van der Waals surface area contributed by atoms with Crippen LogP contribution >= 0.6 is 0 Å². The molecule has 0 aromatic rings. The molecule has 0 amide bonds. The largest absolute Gasteiger partial charge is 0.394 e. The van der Waals surface area contributed by atoms with Gasteiger partial charge in [-0.25, -0.2) is 0 Å². The highest BCUT2D eigenvalue weighted by Gasteiger charge is 2.95. The van der Waals surface area contributed by atoms with Crippen molar-refractivity contribution in [2.45, 2.75) is 11.9 Å². The number of rotatable bonds is 33. The Balaban J connectivity index is 1.12. The number of hydrogen-bond donors (Lipinski definition) is 2. The quantitative estimate of drug-likeness (QED) is 0.0687. The summed E-state index contributed by atoms with van der Waals surface area (Å²) < 4.78 is 68.3. The zero-order valence-corrected chi connectivity index (χ0v) is 22.8. The lowest BCUT2D eigenvalue weighted by atomic mass is 10.6. The Labute approximate surface area is 229 Å². The predicted octanol–water partition coefficient (Wildman–Crippen LogP) is -1.48. The van der Waals surface area contributed by atoms with Gasteiger partial charge in [-0.05, 0) is 0 Å². The molecule has 0 bridgehead atoms. The Bertz CT molecular complexity index is 550. The van der Waals surface area contributed by atoms with E-state index in [0.717, 1.165) is 0 Å². The molecule has 15 nitrogen and oxygen atoms in total. The molecule has 39 heavy (non-hydrogen) atoms. The molecule has 232 valence electrons. The van der Waals surface area contributed by atoms with Crippen LogP contribution in [0.4, 0.5) is 0 Å². The SMILES string of the molecule is OCCOCCOCCOCCOCCOCCOCCOCCOCCOCCOCCOC12OC1(O)O2. The van der Waals surface area contributed by atoms with Crippen molar-refractivity contribution in [3.8, 4) is 0 Å². The molecule has 0 unspecified atom stereocenters. The van der Waals surface area contributed by atoms with Crippen molar-refractivity contribution in [3.05, 3.63) is 0 Å². The first kappa shape index (κ1) is 34.6. The summed E-state index contributed by atoms with van der Waals surface area (Å²) in [6.07, 6.45) is 0. The fraction of sp³-hybridized carbons (Fsp3) is 1.00. The minimum Gasteiger partial charge on any atom is -0.394 e. The van der Waals surface area contributed by atoms with Crippen LogP contribution in [0.3, 0.4) is 0 Å². The second-order valence-electron chi connectivity index (χ2n) is 8.04. The molecular weight excluding hydrogens is 528 g/mol. The monoisotopic (exact) mass is 574 g/mol. The molecule has 0 aromatic heterocycles. The first-order valence-corrected chi connectivity index (χ1v) is 13.4. The van der Waals surface area contributed by atoms with E-state index in [2.05, 4.69) is 0 Å². The van der Waals surface area contributed by atoms with E-state index < -0.39 is 11.9 Å². The van der Waals surface area contributed by atoms with E-state index in [0.29, 0.717) is 132 Å². The van der Waals surface area contributed by atoms with Crippen molar-refractivity contribution in [2.24, 2.45) is 0 Å². The highest BCUT2D eigenvalue weighted by Crippen LogP contribution is 2.65. The topological polar surface area (TPSA) is 167 Å². The molecule has 2 heterocycles. The van der Waals surface area contributed by atoms with Crippen molar-refractivity contribution in [1.82, 2.24) is 0 Å². The Morgan fingerprint density at radius 2 is 0.564 bits per heavy atom. The second kappa shape index (κ2) is 23.0. The third-order valence-corrected chi connectivity index (χ3v) is 4.95. The molecule has 2 rings (SSSR count). The van der Waals surface area contributed by atoms with Crippen molar-refractivity contribution < 1.29 is 71.8 Å². The molecule has 0 aromatic carbocycles. The van der Waals surface area contributed by atoms with Crippen LogP contribution in [0.5, 0.6) is 0 Å². The van der Waals surface area contributed by atoms with Gasteiger partial charge < -0.3 is 62.3 Å². The van der Waals surface area contributed by atoms with Crippen LogP contribution in [-0.2, 0) is 61.6 Å². The van der Waals surface area contributed by atoms with E-state index in [1.165, 1.54) is 0 Å². The van der Waals surface area contributed by atoms with Crippen LogP contribution in [0.25, 0.3) is 0 Å². The van der Waals surface area contributed by atoms with Gasteiger partial charge >= 0.3 is 11.9 Å². The molecular formula is C24H46O15. The molecule has 2 fully saturated rings. The van der Waals surface area contributed by atoms with E-state index in [9.17, 15) is 5.11 Å². The van der Waals surface area contributed by atoms with Gasteiger partial charge in [-0.2, -0.15) is 0 Å². The maximum atomic E-state index is 9.20. The minimum absolute atomic E-state index is 0.0225. The standard InChI is InChI=1S/C24H46O15/c25-1-2-27-3-4-28-5-6-29-7-8-30-9-10-31-11-12-32-13-14-33-15-16-34-17-18-35-19-20-36-21-22-37-24-23(26,38-24)39-24/h25-26H,1-22H2. The smallest absolute Gasteiger partial charge is 0.379 e. The Morgan fingerprint density at radius 1 is 0.359 bits per heavy atom. The van der Waals surface area contributed by atoms with Gasteiger partial charge in [0.1, 0.15) is 0 Å². The van der Waals surface area contributed by atoms with Crippen molar-refractivity contribution in [3.63, 3.8) is 0 Å². The van der Waals surface area contributed by atoms with Crippen LogP contribution in [0.1, 0.15) is 0 Å². The average molecular weight is 575 g/mol. The summed E-state index contributed by atoms with van der Waals surface area (Å²) in [5.74, 6) is -2.73. The van der Waals surface area contributed by atoms with Crippen LogP contribution in [0.15, 0.2) is 0 Å². The average Bonchev–Trinajstić information content (AvgIpc) is 3.72. The molecule has 2 saturated heterocycles. The van der Waals surface area contributed by atoms with Crippen molar-refractivity contribution in [2.75, 3.05) is 145 Å². The number of ether oxygens (including phenoxy) is 13. The van der Waals surface area contributed by atoms with E-state index in [1.54, 1.807) is 0 Å². The van der Waals surface area contributed by atoms with E-state index in [-0.39, 0.29) is 13.2 Å². The maximum absolute atomic E-state index is 9.20. The summed E-state index contributed by atoms with van der Waals surface area (Å²) in [5, 5.41) is 17.8. The van der Waals surface area contributed by atoms with Gasteiger partial charge in [-0.15, -0.1) is 0 Å². The summed E-state index contributed by atoms with van der Waals surface area (Å²) in [7, 11) is 0. The highest BCUT2D eigenvalue weighted by molar-refractivity contribution is 5.02. The highest BCUT2D eigenvalue weighted by atomic mass is 17.2. The van der Waals surface area contributed by atoms with Gasteiger partial charge in [0.05, 0.1) is 145 Å². The van der Waals surface area contributed by atoms with E-state index in [4.69, 9.17) is 66.7 Å². The third-order valence-electron chi connectivity index (χ3n) is 4.95. The molecule has 2 aliphatic heterocycles. The predicted molar refractivity (Wildman–Crippen MR) is 131 cm³/mol. The van der Waals surface area contributed by atoms with Crippen LogP contribution in [0.2, 0.25) is 0 Å².